The van der Waals surface area contributed by atoms with E-state index in [1.54, 1.807) is 24.3 Å². The molecule has 5 N–H and O–H groups in total. The molecule has 0 saturated carbocycles. The van der Waals surface area contributed by atoms with Gasteiger partial charge >= 0.3 is 5.97 Å². The van der Waals surface area contributed by atoms with Gasteiger partial charge in [0, 0.05) is 27.4 Å². The number of H-pyrrole nitrogens is 1. The Kier molecular flexibility index (Phi) is 8.21. The first-order chi connectivity index (χ1) is 21.4. The number of carboxylic acids is 1. The number of carbonyl (C=O) groups excluding carboxylic acids is 1. The second kappa shape index (κ2) is 11.6. The molecule has 0 spiro atoms. The summed E-state index contributed by atoms with van der Waals surface area (Å²) >= 11 is 13.3. The smallest absolute Gasteiger partial charge is 0.338 e. The molecule has 6 rings (SSSR count). The fraction of sp³-hybridized carbons (Fsp3) is 0.229. The van der Waals surface area contributed by atoms with Crippen LogP contribution in [0, 0.1) is 0 Å². The molecular weight excluding hydrogens is 627 g/mol. The van der Waals surface area contributed by atoms with Gasteiger partial charge in [-0.05, 0) is 52.3 Å². The lowest BCUT2D eigenvalue weighted by molar-refractivity contribution is 0.0693. The standard InChI is InChI=1S/C35H32Cl2N4O5/c1-34(2,3)16-7-11-18(12-8-16)39-29(38)26-22-20-15-21(36)23(31(43)41-30(20)42)24(22)25(27(28(26)37)33(45)46)32(44)40-19-13-9-17(10-14-19)35(4,5)6/h7-15H,1-6H3,(H2,38,39)(H,40,44)(H,45,46)(H,41,42,43). The van der Waals surface area contributed by atoms with Crippen LogP contribution >= 0.6 is 23.2 Å². The van der Waals surface area contributed by atoms with E-state index in [1.165, 1.54) is 6.07 Å². The minimum absolute atomic E-state index is 0.0291. The minimum atomic E-state index is -1.57. The van der Waals surface area contributed by atoms with Crippen molar-refractivity contribution in [1.29, 1.82) is 0 Å². The number of aromatic nitrogens is 1. The summed E-state index contributed by atoms with van der Waals surface area (Å²) in [6.45, 7) is 12.3. The van der Waals surface area contributed by atoms with Crippen LogP contribution in [0.15, 0.2) is 69.2 Å². The molecule has 236 valence electrons. The van der Waals surface area contributed by atoms with Crippen LogP contribution in [-0.4, -0.2) is 27.8 Å². The molecule has 0 saturated heterocycles. The summed E-state index contributed by atoms with van der Waals surface area (Å²) in [4.78, 5) is 60.1. The Morgan fingerprint density at radius 3 is 1.85 bits per heavy atom. The Hall–Kier alpha value is -4.73. The fourth-order valence-corrected chi connectivity index (χ4v) is 6.07. The molecule has 0 atom stereocenters. The summed E-state index contributed by atoms with van der Waals surface area (Å²) in [7, 11) is 0. The Balaban J connectivity index is 1.83. The third kappa shape index (κ3) is 5.84. The van der Waals surface area contributed by atoms with Gasteiger partial charge in [0.25, 0.3) is 17.0 Å². The van der Waals surface area contributed by atoms with E-state index < -0.39 is 39.1 Å². The van der Waals surface area contributed by atoms with Gasteiger partial charge in [-0.25, -0.2) is 9.79 Å². The molecule has 2 bridgehead atoms. The number of hydrogen-bond acceptors (Lipinski definition) is 5. The second-order valence-electron chi connectivity index (χ2n) is 13.1. The zero-order chi connectivity index (χ0) is 33.9. The first-order valence-corrected chi connectivity index (χ1v) is 15.1. The number of rotatable bonds is 5. The molecule has 0 unspecified atom stereocenters. The first kappa shape index (κ1) is 32.7. The molecule has 2 aromatic heterocycles. The number of carbonyl (C=O) groups is 2. The average molecular weight is 660 g/mol. The summed E-state index contributed by atoms with van der Waals surface area (Å²) in [5, 5.41) is 11.9. The highest BCUT2D eigenvalue weighted by molar-refractivity contribution is 6.45. The molecule has 4 aromatic carbocycles. The van der Waals surface area contributed by atoms with Gasteiger partial charge in [0.15, 0.2) is 0 Å². The Morgan fingerprint density at radius 2 is 1.33 bits per heavy atom. The number of aromatic amines is 1. The van der Waals surface area contributed by atoms with E-state index >= 15 is 0 Å². The molecule has 0 radical (unpaired) electrons. The molecule has 0 aliphatic rings. The molecule has 9 nitrogen and oxygen atoms in total. The van der Waals surface area contributed by atoms with Gasteiger partial charge in [-0.1, -0.05) is 89.0 Å². The molecule has 11 heteroatoms. The van der Waals surface area contributed by atoms with E-state index in [-0.39, 0.29) is 48.8 Å². The minimum Gasteiger partial charge on any atom is -0.478 e. The number of amides is 1. The molecule has 6 aromatic rings. The average Bonchev–Trinajstić information content (AvgIpc) is 3.12. The number of hydrogen-bond donors (Lipinski definition) is 4. The number of nitrogens with one attached hydrogen (secondary N) is 2. The summed E-state index contributed by atoms with van der Waals surface area (Å²) in [5.74, 6) is -2.69. The number of aromatic carboxylic acids is 1. The van der Waals surface area contributed by atoms with Crippen LogP contribution in [0.2, 0.25) is 10.0 Å². The second-order valence-corrected chi connectivity index (χ2v) is 13.9. The summed E-state index contributed by atoms with van der Waals surface area (Å²) in [6, 6.07) is 15.6. The first-order valence-electron chi connectivity index (χ1n) is 14.4. The quantitative estimate of drug-likeness (QED) is 0.114. The Bertz CT molecular complexity index is 2190. The summed E-state index contributed by atoms with van der Waals surface area (Å²) in [5.41, 5.74) is 6.15. The van der Waals surface area contributed by atoms with Crippen molar-refractivity contribution >= 4 is 73.8 Å². The van der Waals surface area contributed by atoms with Crippen LogP contribution in [0.3, 0.4) is 0 Å². The third-order valence-electron chi connectivity index (χ3n) is 7.86. The number of amidine groups is 1. The number of nitrogens with two attached hydrogens (primary N) is 1. The SMILES string of the molecule is CC(C)(C)c1ccc(N=C(N)c2c(Cl)c(C(=O)O)c(C(=O)Nc3ccc(C(C)(C)C)cc3)c3c4c(Cl)cc(c(=O)[nH]c4=O)c23)cc1. The maximum Gasteiger partial charge on any atom is 0.338 e. The normalized spacial score (nSPS) is 12.6. The van der Waals surface area contributed by atoms with E-state index in [2.05, 4.69) is 36.1 Å². The van der Waals surface area contributed by atoms with Gasteiger partial charge in [-0.15, -0.1) is 0 Å². The van der Waals surface area contributed by atoms with Gasteiger partial charge < -0.3 is 16.2 Å². The van der Waals surface area contributed by atoms with Gasteiger partial charge in [0.1, 0.15) is 5.84 Å². The highest BCUT2D eigenvalue weighted by Gasteiger charge is 2.32. The van der Waals surface area contributed by atoms with Crippen molar-refractivity contribution in [2.24, 2.45) is 10.7 Å². The van der Waals surface area contributed by atoms with Crippen LogP contribution in [-0.2, 0) is 10.8 Å². The van der Waals surface area contributed by atoms with Crippen LogP contribution in [0.1, 0.15) is 78.9 Å². The monoisotopic (exact) mass is 658 g/mol. The predicted octanol–water partition coefficient (Wildman–Crippen LogP) is 7.37. The number of nitrogens with zero attached hydrogens (tertiary/aromatic N) is 1. The lowest BCUT2D eigenvalue weighted by atomic mass is 9.87. The highest BCUT2D eigenvalue weighted by atomic mass is 35.5. The maximum absolute atomic E-state index is 14.0. The van der Waals surface area contributed by atoms with E-state index in [0.29, 0.717) is 11.4 Å². The van der Waals surface area contributed by atoms with Crippen molar-refractivity contribution in [3.8, 4) is 0 Å². The van der Waals surface area contributed by atoms with E-state index in [4.69, 9.17) is 28.9 Å². The van der Waals surface area contributed by atoms with E-state index in [0.717, 1.165) is 11.1 Å². The van der Waals surface area contributed by atoms with Crippen molar-refractivity contribution in [3.63, 3.8) is 0 Å². The van der Waals surface area contributed by atoms with Crippen LogP contribution < -0.4 is 22.2 Å². The summed E-state index contributed by atoms with van der Waals surface area (Å²) in [6.07, 6.45) is 0. The number of benzene rings is 4. The van der Waals surface area contributed by atoms with E-state index in [9.17, 15) is 24.3 Å². The van der Waals surface area contributed by atoms with Crippen molar-refractivity contribution in [2.75, 3.05) is 5.32 Å². The van der Waals surface area contributed by atoms with Crippen molar-refractivity contribution in [2.45, 2.75) is 52.4 Å². The van der Waals surface area contributed by atoms with Crippen molar-refractivity contribution in [1.82, 2.24) is 4.98 Å². The van der Waals surface area contributed by atoms with Gasteiger partial charge in [-0.3, -0.25) is 19.4 Å². The largest absolute Gasteiger partial charge is 0.478 e. The van der Waals surface area contributed by atoms with Crippen LogP contribution in [0.4, 0.5) is 11.4 Å². The van der Waals surface area contributed by atoms with Gasteiger partial charge in [0.2, 0.25) is 0 Å². The van der Waals surface area contributed by atoms with E-state index in [1.807, 2.05) is 45.0 Å². The van der Waals surface area contributed by atoms with Crippen LogP contribution in [0.5, 0.6) is 0 Å². The maximum atomic E-state index is 14.0. The predicted molar refractivity (Wildman–Crippen MR) is 185 cm³/mol. The number of halogens is 2. The third-order valence-corrected chi connectivity index (χ3v) is 8.53. The Labute approximate surface area is 274 Å². The Morgan fingerprint density at radius 1 is 0.783 bits per heavy atom. The zero-order valence-corrected chi connectivity index (χ0v) is 27.6. The lowest BCUT2D eigenvalue weighted by Gasteiger charge is -2.20. The summed E-state index contributed by atoms with van der Waals surface area (Å²) < 4.78 is 0. The molecule has 2 heterocycles. The molecule has 0 aliphatic heterocycles. The number of fused-ring (bicyclic) bond motifs is 3. The van der Waals surface area contributed by atoms with Gasteiger partial charge in [0.05, 0.1) is 32.2 Å². The molecule has 1 amide bonds. The number of anilines is 1. The molecule has 0 fully saturated rings. The molecule has 0 aliphatic carbocycles. The van der Waals surface area contributed by atoms with Crippen molar-refractivity contribution in [3.05, 3.63) is 113 Å². The number of carboxylic acid groups (broad SMARTS) is 1. The zero-order valence-electron chi connectivity index (χ0n) is 26.1. The number of aliphatic imine (C=N–C) groups is 1. The topological polar surface area (TPSA) is 155 Å². The highest BCUT2D eigenvalue weighted by Crippen LogP contribution is 2.41. The fourth-order valence-electron chi connectivity index (χ4n) is 5.41. The van der Waals surface area contributed by atoms with Gasteiger partial charge in [-0.2, -0.15) is 0 Å². The lowest BCUT2D eigenvalue weighted by Crippen LogP contribution is -2.22. The molecule has 46 heavy (non-hydrogen) atoms. The van der Waals surface area contributed by atoms with Crippen molar-refractivity contribution < 1.29 is 14.7 Å². The molecular formula is C35H32Cl2N4O5. The van der Waals surface area contributed by atoms with Crippen LogP contribution in [0.25, 0.3) is 21.5 Å².